The summed E-state index contributed by atoms with van der Waals surface area (Å²) in [5.41, 5.74) is 0.607. The average molecular weight is 371 g/mol. The van der Waals surface area contributed by atoms with Crippen LogP contribution in [-0.2, 0) is 4.79 Å². The van der Waals surface area contributed by atoms with Crippen LogP contribution in [0.15, 0.2) is 28.6 Å². The molecule has 1 heterocycles. The molecule has 5 nitrogen and oxygen atoms in total. The number of amides is 1. The zero-order valence-electron chi connectivity index (χ0n) is 13.4. The smallest absolute Gasteiger partial charge is 0.233 e. The Balaban J connectivity index is 1.95. The molecule has 0 aliphatic carbocycles. The maximum atomic E-state index is 12.1. The zero-order chi connectivity index (χ0) is 17.0. The minimum Gasteiger partial charge on any atom is -0.351 e. The molecule has 0 aliphatic rings. The van der Waals surface area contributed by atoms with Crippen molar-refractivity contribution in [3.63, 3.8) is 0 Å². The van der Waals surface area contributed by atoms with Crippen LogP contribution >= 0.6 is 34.7 Å². The van der Waals surface area contributed by atoms with Crippen molar-refractivity contribution >= 4 is 51.4 Å². The molecular weight excluding hydrogens is 352 g/mol. The van der Waals surface area contributed by atoms with Crippen LogP contribution in [0.1, 0.15) is 27.7 Å². The summed E-state index contributed by atoms with van der Waals surface area (Å²) in [6, 6.07) is 7.39. The number of hydrogen-bond acceptors (Lipinski definition) is 6. The lowest BCUT2D eigenvalue weighted by atomic mass is 10.1. The fourth-order valence-corrected chi connectivity index (χ4v) is 3.78. The third-order valence-corrected chi connectivity index (χ3v) is 4.89. The first-order valence-electron chi connectivity index (χ1n) is 7.08. The van der Waals surface area contributed by atoms with Gasteiger partial charge in [-0.3, -0.25) is 4.79 Å². The van der Waals surface area contributed by atoms with E-state index in [-0.39, 0.29) is 16.7 Å². The lowest BCUT2D eigenvalue weighted by molar-refractivity contribution is -0.121. The molecular formula is C15H19ClN4OS2. The summed E-state index contributed by atoms with van der Waals surface area (Å²) < 4.78 is 0.742. The quantitative estimate of drug-likeness (QED) is 0.767. The Morgan fingerprint density at radius 2 is 2.09 bits per heavy atom. The number of hydrogen-bond donors (Lipinski definition) is 2. The largest absolute Gasteiger partial charge is 0.351 e. The van der Waals surface area contributed by atoms with E-state index in [1.807, 2.05) is 52.0 Å². The van der Waals surface area contributed by atoms with Gasteiger partial charge in [0.05, 0.1) is 5.25 Å². The molecule has 1 amide bonds. The summed E-state index contributed by atoms with van der Waals surface area (Å²) in [5.74, 6) is -0.0120. The normalized spacial score (nSPS) is 12.7. The van der Waals surface area contributed by atoms with Gasteiger partial charge in [0.1, 0.15) is 0 Å². The van der Waals surface area contributed by atoms with E-state index >= 15 is 0 Å². The molecule has 0 fully saturated rings. The lowest BCUT2D eigenvalue weighted by Crippen LogP contribution is -2.44. The van der Waals surface area contributed by atoms with Crippen LogP contribution in [-0.4, -0.2) is 26.9 Å². The highest BCUT2D eigenvalue weighted by molar-refractivity contribution is 8.02. The summed E-state index contributed by atoms with van der Waals surface area (Å²) in [6.07, 6.45) is 0. The fourth-order valence-electron chi connectivity index (χ4n) is 1.67. The summed E-state index contributed by atoms with van der Waals surface area (Å²) in [7, 11) is 0. The number of rotatable bonds is 5. The Morgan fingerprint density at radius 3 is 2.74 bits per heavy atom. The summed E-state index contributed by atoms with van der Waals surface area (Å²) in [6.45, 7) is 7.73. The van der Waals surface area contributed by atoms with Crippen molar-refractivity contribution in [2.45, 2.75) is 42.8 Å². The van der Waals surface area contributed by atoms with E-state index in [2.05, 4.69) is 20.8 Å². The molecule has 0 saturated carbocycles. The first-order valence-corrected chi connectivity index (χ1v) is 9.15. The van der Waals surface area contributed by atoms with Gasteiger partial charge in [-0.1, -0.05) is 40.8 Å². The molecule has 23 heavy (non-hydrogen) atoms. The SMILES string of the molecule is C[C@@H](Sc1nnc(Nc2cccc(Cl)c2)s1)C(=O)NC(C)(C)C. The number of benzene rings is 1. The van der Waals surface area contributed by atoms with Crippen LogP contribution in [0.3, 0.4) is 0 Å². The summed E-state index contributed by atoms with van der Waals surface area (Å²) in [5, 5.41) is 15.4. The van der Waals surface area contributed by atoms with Crippen molar-refractivity contribution in [2.75, 3.05) is 5.32 Å². The molecule has 0 radical (unpaired) electrons. The van der Waals surface area contributed by atoms with Gasteiger partial charge < -0.3 is 10.6 Å². The van der Waals surface area contributed by atoms with Crippen LogP contribution < -0.4 is 10.6 Å². The Bertz CT molecular complexity index is 684. The second-order valence-corrected chi connectivity index (χ2v) is 9.01. The van der Waals surface area contributed by atoms with Gasteiger partial charge in [0, 0.05) is 16.2 Å². The van der Waals surface area contributed by atoms with E-state index in [0.717, 1.165) is 10.0 Å². The molecule has 0 aliphatic heterocycles. The minimum atomic E-state index is -0.244. The standard InChI is InChI=1S/C15H19ClN4OS2/c1-9(12(21)18-15(2,3)4)22-14-20-19-13(23-14)17-11-7-5-6-10(16)8-11/h5-9H,1-4H3,(H,17,19)(H,18,21)/t9-/m1/s1. The number of aromatic nitrogens is 2. The molecule has 8 heteroatoms. The number of carbonyl (C=O) groups is 1. The second-order valence-electron chi connectivity index (χ2n) is 6.01. The topological polar surface area (TPSA) is 66.9 Å². The van der Waals surface area contributed by atoms with Gasteiger partial charge in [0.25, 0.3) is 0 Å². The van der Waals surface area contributed by atoms with Crippen LogP contribution in [0.2, 0.25) is 5.02 Å². The Hall–Kier alpha value is -1.31. The highest BCUT2D eigenvalue weighted by atomic mass is 35.5. The molecule has 2 rings (SSSR count). The van der Waals surface area contributed by atoms with Crippen molar-refractivity contribution in [3.05, 3.63) is 29.3 Å². The molecule has 1 atom stereocenters. The highest BCUT2D eigenvalue weighted by Crippen LogP contribution is 2.31. The van der Waals surface area contributed by atoms with Gasteiger partial charge in [-0.05, 0) is 45.9 Å². The maximum Gasteiger partial charge on any atom is 0.233 e. The average Bonchev–Trinajstić information content (AvgIpc) is 2.84. The van der Waals surface area contributed by atoms with E-state index in [1.165, 1.54) is 23.1 Å². The van der Waals surface area contributed by atoms with E-state index in [0.29, 0.717) is 10.2 Å². The fraction of sp³-hybridized carbons (Fsp3) is 0.400. The third kappa shape index (κ3) is 6.01. The van der Waals surface area contributed by atoms with E-state index in [4.69, 9.17) is 11.6 Å². The molecule has 2 aromatic rings. The molecule has 0 unspecified atom stereocenters. The third-order valence-electron chi connectivity index (χ3n) is 2.63. The molecule has 1 aromatic carbocycles. The Labute approximate surface area is 149 Å². The highest BCUT2D eigenvalue weighted by Gasteiger charge is 2.21. The number of carbonyl (C=O) groups excluding carboxylic acids is 1. The number of anilines is 2. The monoisotopic (exact) mass is 370 g/mol. The van der Waals surface area contributed by atoms with Gasteiger partial charge in [-0.25, -0.2) is 0 Å². The van der Waals surface area contributed by atoms with Gasteiger partial charge in [0.2, 0.25) is 11.0 Å². The number of halogens is 1. The molecule has 2 N–H and O–H groups in total. The van der Waals surface area contributed by atoms with E-state index < -0.39 is 0 Å². The Morgan fingerprint density at radius 1 is 1.35 bits per heavy atom. The Kier molecular flexibility index (Phi) is 5.89. The predicted molar refractivity (Wildman–Crippen MR) is 97.9 cm³/mol. The first kappa shape index (κ1) is 18.0. The van der Waals surface area contributed by atoms with Gasteiger partial charge in [-0.15, -0.1) is 10.2 Å². The van der Waals surface area contributed by atoms with Crippen LogP contribution in [0, 0.1) is 0 Å². The number of nitrogens with zero attached hydrogens (tertiary/aromatic N) is 2. The van der Waals surface area contributed by atoms with Crippen molar-refractivity contribution < 1.29 is 4.79 Å². The van der Waals surface area contributed by atoms with Gasteiger partial charge in [0.15, 0.2) is 4.34 Å². The second kappa shape index (κ2) is 7.51. The van der Waals surface area contributed by atoms with E-state index in [1.54, 1.807) is 0 Å². The molecule has 0 saturated heterocycles. The summed E-state index contributed by atoms with van der Waals surface area (Å²) in [4.78, 5) is 12.1. The van der Waals surface area contributed by atoms with Gasteiger partial charge >= 0.3 is 0 Å². The molecule has 1 aromatic heterocycles. The van der Waals surface area contributed by atoms with Gasteiger partial charge in [-0.2, -0.15) is 0 Å². The zero-order valence-corrected chi connectivity index (χ0v) is 15.8. The molecule has 0 bridgehead atoms. The van der Waals surface area contributed by atoms with E-state index in [9.17, 15) is 4.79 Å². The minimum absolute atomic E-state index is 0.0120. The number of nitrogens with one attached hydrogen (secondary N) is 2. The molecule has 0 spiro atoms. The molecule has 124 valence electrons. The first-order chi connectivity index (χ1) is 10.7. The van der Waals surface area contributed by atoms with Crippen molar-refractivity contribution in [1.82, 2.24) is 15.5 Å². The van der Waals surface area contributed by atoms with Crippen LogP contribution in [0.25, 0.3) is 0 Å². The van der Waals surface area contributed by atoms with Crippen molar-refractivity contribution in [3.8, 4) is 0 Å². The lowest BCUT2D eigenvalue weighted by Gasteiger charge is -2.22. The van der Waals surface area contributed by atoms with Crippen LogP contribution in [0.4, 0.5) is 10.8 Å². The predicted octanol–water partition coefficient (Wildman–Crippen LogP) is 4.33. The summed E-state index contributed by atoms with van der Waals surface area (Å²) >= 11 is 8.75. The maximum absolute atomic E-state index is 12.1. The number of thioether (sulfide) groups is 1. The van der Waals surface area contributed by atoms with Crippen molar-refractivity contribution in [2.24, 2.45) is 0 Å². The van der Waals surface area contributed by atoms with Crippen molar-refractivity contribution in [1.29, 1.82) is 0 Å². The van der Waals surface area contributed by atoms with Crippen LogP contribution in [0.5, 0.6) is 0 Å².